The van der Waals surface area contributed by atoms with E-state index in [2.05, 4.69) is 15.0 Å². The van der Waals surface area contributed by atoms with E-state index >= 15 is 0 Å². The van der Waals surface area contributed by atoms with Crippen LogP contribution in [0.5, 0.6) is 0 Å². The van der Waals surface area contributed by atoms with Crippen LogP contribution in [0.25, 0.3) is 0 Å². The highest BCUT2D eigenvalue weighted by molar-refractivity contribution is 7.92. The second-order valence-electron chi connectivity index (χ2n) is 4.81. The summed E-state index contributed by atoms with van der Waals surface area (Å²) in [4.78, 5) is 3.18. The number of benzene rings is 1. The third-order valence-corrected chi connectivity index (χ3v) is 4.38. The zero-order chi connectivity index (χ0) is 14.8. The second kappa shape index (κ2) is 5.68. The molecule has 0 bridgehead atoms. The molecule has 0 saturated carbocycles. The van der Waals surface area contributed by atoms with Crippen molar-refractivity contribution in [1.29, 1.82) is 0 Å². The minimum absolute atomic E-state index is 0.239. The number of aromatic nitrogens is 1. The van der Waals surface area contributed by atoms with Crippen molar-refractivity contribution in [3.05, 3.63) is 47.3 Å². The Morgan fingerprint density at radius 1 is 1.20 bits per heavy atom. The van der Waals surface area contributed by atoms with Gasteiger partial charge in [0.15, 0.2) is 0 Å². The zero-order valence-corrected chi connectivity index (χ0v) is 12.6. The van der Waals surface area contributed by atoms with Gasteiger partial charge in [-0.05, 0) is 44.2 Å². The average Bonchev–Trinajstić information content (AvgIpc) is 2.83. The van der Waals surface area contributed by atoms with Gasteiger partial charge in [-0.15, -0.1) is 0 Å². The molecule has 0 aliphatic rings. The fraction of sp³-hybridized carbons (Fsp3) is 0.286. The first-order valence-electron chi connectivity index (χ1n) is 6.34. The zero-order valence-electron chi connectivity index (χ0n) is 11.8. The molecule has 0 aliphatic heterocycles. The summed E-state index contributed by atoms with van der Waals surface area (Å²) in [6.45, 7) is 4.40. The van der Waals surface area contributed by atoms with E-state index < -0.39 is 10.0 Å². The summed E-state index contributed by atoms with van der Waals surface area (Å²) < 4.78 is 27.3. The van der Waals surface area contributed by atoms with E-state index in [9.17, 15) is 8.42 Å². The van der Waals surface area contributed by atoms with Gasteiger partial charge < -0.3 is 10.3 Å². The lowest BCUT2D eigenvalue weighted by Crippen LogP contribution is -2.13. The summed E-state index contributed by atoms with van der Waals surface area (Å²) in [6.07, 6.45) is 1.50. The maximum Gasteiger partial charge on any atom is 0.263 e. The highest BCUT2D eigenvalue weighted by atomic mass is 32.2. The highest BCUT2D eigenvalue weighted by Gasteiger charge is 2.17. The maximum atomic E-state index is 12.3. The Morgan fingerprint density at radius 3 is 2.65 bits per heavy atom. The number of anilines is 1. The Balaban J connectivity index is 2.28. The molecule has 6 heteroatoms. The van der Waals surface area contributed by atoms with E-state index in [-0.39, 0.29) is 4.90 Å². The summed E-state index contributed by atoms with van der Waals surface area (Å²) in [7, 11) is -1.75. The van der Waals surface area contributed by atoms with Crippen molar-refractivity contribution in [3.8, 4) is 0 Å². The van der Waals surface area contributed by atoms with Crippen molar-refractivity contribution < 1.29 is 8.42 Å². The third-order valence-electron chi connectivity index (χ3n) is 3.03. The smallest absolute Gasteiger partial charge is 0.263 e. The molecular weight excluding hydrogens is 274 g/mol. The van der Waals surface area contributed by atoms with E-state index in [0.29, 0.717) is 12.2 Å². The number of aromatic amines is 1. The Morgan fingerprint density at radius 2 is 1.95 bits per heavy atom. The fourth-order valence-corrected chi connectivity index (χ4v) is 3.05. The number of hydrogen-bond acceptors (Lipinski definition) is 3. The molecule has 5 nitrogen and oxygen atoms in total. The van der Waals surface area contributed by atoms with Crippen LogP contribution in [-0.2, 0) is 16.6 Å². The normalized spacial score (nSPS) is 11.6. The van der Waals surface area contributed by atoms with Crippen molar-refractivity contribution in [2.45, 2.75) is 25.3 Å². The third kappa shape index (κ3) is 3.20. The number of aryl methyl sites for hydroxylation is 2. The number of sulfonamides is 1. The van der Waals surface area contributed by atoms with Crippen LogP contribution in [0.4, 0.5) is 5.69 Å². The van der Waals surface area contributed by atoms with E-state index in [4.69, 9.17) is 0 Å². The summed E-state index contributed by atoms with van der Waals surface area (Å²) in [5.74, 6) is 0. The standard InChI is InChI=1S/C14H19N3O2S/c1-10-4-5-11(2)14(6-10)17-20(18,19)13-7-12(8-15-3)16-9-13/h4-7,9,15-17H,8H2,1-3H3. The number of H-pyrrole nitrogens is 1. The van der Waals surface area contributed by atoms with Gasteiger partial charge in [0.05, 0.1) is 5.69 Å². The lowest BCUT2D eigenvalue weighted by atomic mass is 10.1. The van der Waals surface area contributed by atoms with Crippen molar-refractivity contribution in [3.63, 3.8) is 0 Å². The predicted octanol–water partition coefficient (Wildman–Crippen LogP) is 2.15. The lowest BCUT2D eigenvalue weighted by molar-refractivity contribution is 0.601. The van der Waals surface area contributed by atoms with Gasteiger partial charge in [-0.25, -0.2) is 8.42 Å². The summed E-state index contributed by atoms with van der Waals surface area (Å²) in [6, 6.07) is 7.31. The summed E-state index contributed by atoms with van der Waals surface area (Å²) in [5.41, 5.74) is 3.35. The SMILES string of the molecule is CNCc1cc(S(=O)(=O)Nc2cc(C)ccc2C)c[nH]1. The molecule has 0 radical (unpaired) electrons. The second-order valence-corrected chi connectivity index (χ2v) is 6.50. The van der Waals surface area contributed by atoms with Gasteiger partial charge in [-0.1, -0.05) is 12.1 Å². The maximum absolute atomic E-state index is 12.3. The van der Waals surface area contributed by atoms with E-state index in [1.54, 1.807) is 6.07 Å². The fourth-order valence-electron chi connectivity index (χ4n) is 1.92. The molecule has 0 saturated heterocycles. The largest absolute Gasteiger partial charge is 0.363 e. The van der Waals surface area contributed by atoms with Gasteiger partial charge in [-0.2, -0.15) is 0 Å². The molecule has 108 valence electrons. The van der Waals surface area contributed by atoms with Crippen LogP contribution in [0, 0.1) is 13.8 Å². The molecular formula is C14H19N3O2S. The Hall–Kier alpha value is -1.79. The van der Waals surface area contributed by atoms with E-state index in [1.165, 1.54) is 6.20 Å². The van der Waals surface area contributed by atoms with Crippen LogP contribution in [0.3, 0.4) is 0 Å². The van der Waals surface area contributed by atoms with Gasteiger partial charge in [0, 0.05) is 18.4 Å². The average molecular weight is 293 g/mol. The molecule has 1 heterocycles. The molecule has 2 rings (SSSR count). The first-order valence-corrected chi connectivity index (χ1v) is 7.82. The molecule has 0 spiro atoms. The molecule has 0 unspecified atom stereocenters. The van der Waals surface area contributed by atoms with Crippen LogP contribution in [0.15, 0.2) is 35.4 Å². The van der Waals surface area contributed by atoms with Crippen molar-refractivity contribution >= 4 is 15.7 Å². The van der Waals surface area contributed by atoms with Crippen LogP contribution in [0.1, 0.15) is 16.8 Å². The molecule has 3 N–H and O–H groups in total. The van der Waals surface area contributed by atoms with Gasteiger partial charge >= 0.3 is 0 Å². The van der Waals surface area contributed by atoms with Crippen molar-refractivity contribution in [1.82, 2.24) is 10.3 Å². The molecule has 1 aromatic heterocycles. The minimum Gasteiger partial charge on any atom is -0.363 e. The highest BCUT2D eigenvalue weighted by Crippen LogP contribution is 2.21. The van der Waals surface area contributed by atoms with Crippen molar-refractivity contribution in [2.75, 3.05) is 11.8 Å². The van der Waals surface area contributed by atoms with Crippen LogP contribution >= 0.6 is 0 Å². The van der Waals surface area contributed by atoms with Gasteiger partial charge in [-0.3, -0.25) is 4.72 Å². The molecule has 20 heavy (non-hydrogen) atoms. The van der Waals surface area contributed by atoms with Crippen LogP contribution in [0.2, 0.25) is 0 Å². The number of hydrogen-bond donors (Lipinski definition) is 3. The topological polar surface area (TPSA) is 74.0 Å². The summed E-state index contributed by atoms with van der Waals surface area (Å²) >= 11 is 0. The van der Waals surface area contributed by atoms with E-state index in [1.807, 2.05) is 39.1 Å². The first kappa shape index (κ1) is 14.6. The molecule has 0 amide bonds. The Bertz CT molecular complexity index is 705. The Kier molecular flexibility index (Phi) is 4.15. The lowest BCUT2D eigenvalue weighted by Gasteiger charge is -2.10. The van der Waals surface area contributed by atoms with Gasteiger partial charge in [0.1, 0.15) is 4.90 Å². The van der Waals surface area contributed by atoms with Gasteiger partial charge in [0.2, 0.25) is 0 Å². The predicted molar refractivity (Wildman–Crippen MR) is 80.3 cm³/mol. The van der Waals surface area contributed by atoms with E-state index in [0.717, 1.165) is 16.8 Å². The minimum atomic E-state index is -3.56. The van der Waals surface area contributed by atoms with Crippen molar-refractivity contribution in [2.24, 2.45) is 0 Å². The molecule has 1 aromatic carbocycles. The molecule has 0 aliphatic carbocycles. The van der Waals surface area contributed by atoms with Crippen LogP contribution in [-0.4, -0.2) is 20.4 Å². The molecule has 2 aromatic rings. The molecule has 0 fully saturated rings. The Labute approximate surface area is 119 Å². The van der Waals surface area contributed by atoms with Gasteiger partial charge in [0.25, 0.3) is 10.0 Å². The van der Waals surface area contributed by atoms with Crippen LogP contribution < -0.4 is 10.0 Å². The first-order chi connectivity index (χ1) is 9.42. The molecule has 0 atom stereocenters. The summed E-state index contributed by atoms with van der Waals surface area (Å²) in [5, 5.41) is 2.97. The quantitative estimate of drug-likeness (QED) is 0.791. The number of rotatable bonds is 5. The monoisotopic (exact) mass is 293 g/mol. The number of nitrogens with one attached hydrogen (secondary N) is 3.